The number of benzene rings is 1. The largest absolute Gasteiger partial charge is 0.389 e. The zero-order valence-electron chi connectivity index (χ0n) is 11.8. The monoisotopic (exact) mass is 313 g/mol. The molecule has 6 heteroatoms. The van der Waals surface area contributed by atoms with Crippen LogP contribution in [-0.2, 0) is 11.3 Å². The number of nitrogens with two attached hydrogens (primary N) is 1. The summed E-state index contributed by atoms with van der Waals surface area (Å²) in [5.74, 6) is 0.0187. The van der Waals surface area contributed by atoms with Crippen molar-refractivity contribution in [2.75, 3.05) is 20.1 Å². The van der Waals surface area contributed by atoms with Crippen LogP contribution < -0.4 is 11.1 Å². The minimum atomic E-state index is 0.0187. The van der Waals surface area contributed by atoms with Gasteiger partial charge in [-0.2, -0.15) is 0 Å². The van der Waals surface area contributed by atoms with Gasteiger partial charge in [0, 0.05) is 23.7 Å². The van der Waals surface area contributed by atoms with Crippen LogP contribution in [0.15, 0.2) is 18.2 Å². The molecule has 1 aromatic carbocycles. The van der Waals surface area contributed by atoms with E-state index in [4.69, 9.17) is 29.6 Å². The van der Waals surface area contributed by atoms with Gasteiger partial charge in [0.1, 0.15) is 4.99 Å². The molecule has 1 aromatic rings. The summed E-state index contributed by atoms with van der Waals surface area (Å²) in [6, 6.07) is 5.48. The van der Waals surface area contributed by atoms with Crippen LogP contribution in [0.3, 0.4) is 0 Å². The standard InChI is InChI=1S/C14H20ClN3OS/c1-3-6-17-13(19)9-18(2)8-11-5-4-10(14(16)20)7-12(11)15/h4-5,7H,3,6,8-9H2,1-2H3,(H2,16,20)(H,17,19). The lowest BCUT2D eigenvalue weighted by Gasteiger charge is -2.17. The molecule has 0 spiro atoms. The van der Waals surface area contributed by atoms with Crippen LogP contribution in [-0.4, -0.2) is 35.9 Å². The number of carbonyl (C=O) groups excluding carboxylic acids is 1. The maximum absolute atomic E-state index is 11.6. The first-order chi connectivity index (χ1) is 9.43. The van der Waals surface area contributed by atoms with E-state index < -0.39 is 0 Å². The Morgan fingerprint density at radius 2 is 2.20 bits per heavy atom. The molecule has 20 heavy (non-hydrogen) atoms. The summed E-state index contributed by atoms with van der Waals surface area (Å²) in [6.45, 7) is 3.66. The van der Waals surface area contributed by atoms with Crippen LogP contribution in [0.5, 0.6) is 0 Å². The third kappa shape index (κ3) is 5.45. The van der Waals surface area contributed by atoms with Crippen LogP contribution in [0.1, 0.15) is 24.5 Å². The number of hydrogen-bond acceptors (Lipinski definition) is 3. The molecule has 0 radical (unpaired) electrons. The van der Waals surface area contributed by atoms with Gasteiger partial charge in [-0.15, -0.1) is 0 Å². The lowest BCUT2D eigenvalue weighted by molar-refractivity contribution is -0.122. The number of amides is 1. The van der Waals surface area contributed by atoms with Crippen molar-refractivity contribution in [2.24, 2.45) is 5.73 Å². The normalized spacial score (nSPS) is 10.6. The fourth-order valence-electron chi connectivity index (χ4n) is 1.74. The zero-order chi connectivity index (χ0) is 15.1. The molecule has 0 unspecified atom stereocenters. The molecule has 0 aliphatic carbocycles. The van der Waals surface area contributed by atoms with Gasteiger partial charge in [0.05, 0.1) is 6.54 Å². The predicted octanol–water partition coefficient (Wildman–Crippen LogP) is 1.93. The highest BCUT2D eigenvalue weighted by Crippen LogP contribution is 2.19. The summed E-state index contributed by atoms with van der Waals surface area (Å²) in [5, 5.41) is 3.45. The number of halogens is 1. The van der Waals surface area contributed by atoms with Crippen LogP contribution in [0, 0.1) is 0 Å². The van der Waals surface area contributed by atoms with Gasteiger partial charge >= 0.3 is 0 Å². The summed E-state index contributed by atoms with van der Waals surface area (Å²) < 4.78 is 0. The molecule has 1 amide bonds. The Hall–Kier alpha value is -1.17. The molecular formula is C14H20ClN3OS. The fourth-order valence-corrected chi connectivity index (χ4v) is 2.11. The molecule has 0 saturated heterocycles. The molecule has 1 rings (SSSR count). The maximum Gasteiger partial charge on any atom is 0.234 e. The fraction of sp³-hybridized carbons (Fsp3) is 0.429. The highest BCUT2D eigenvalue weighted by Gasteiger charge is 2.09. The maximum atomic E-state index is 11.6. The molecule has 0 fully saturated rings. The van der Waals surface area contributed by atoms with Gasteiger partial charge in [-0.25, -0.2) is 0 Å². The van der Waals surface area contributed by atoms with E-state index in [2.05, 4.69) is 5.32 Å². The Balaban J connectivity index is 2.59. The van der Waals surface area contributed by atoms with Crippen molar-refractivity contribution >= 4 is 34.7 Å². The summed E-state index contributed by atoms with van der Waals surface area (Å²) in [7, 11) is 1.88. The first-order valence-corrected chi connectivity index (χ1v) is 7.26. The molecule has 0 atom stereocenters. The van der Waals surface area contributed by atoms with Crippen molar-refractivity contribution in [3.05, 3.63) is 34.3 Å². The van der Waals surface area contributed by atoms with E-state index in [1.165, 1.54) is 0 Å². The minimum absolute atomic E-state index is 0.0187. The topological polar surface area (TPSA) is 58.4 Å². The van der Waals surface area contributed by atoms with Crippen molar-refractivity contribution in [1.82, 2.24) is 10.2 Å². The van der Waals surface area contributed by atoms with E-state index in [-0.39, 0.29) is 5.91 Å². The Morgan fingerprint density at radius 1 is 1.50 bits per heavy atom. The Kier molecular flexibility index (Phi) is 6.91. The van der Waals surface area contributed by atoms with Gasteiger partial charge in [0.25, 0.3) is 0 Å². The third-order valence-electron chi connectivity index (χ3n) is 2.76. The minimum Gasteiger partial charge on any atom is -0.389 e. The van der Waals surface area contributed by atoms with Crippen molar-refractivity contribution in [2.45, 2.75) is 19.9 Å². The van der Waals surface area contributed by atoms with Crippen LogP contribution >= 0.6 is 23.8 Å². The molecule has 4 nitrogen and oxygen atoms in total. The second-order valence-electron chi connectivity index (χ2n) is 4.69. The number of nitrogens with one attached hydrogen (secondary N) is 1. The number of nitrogens with zero attached hydrogens (tertiary/aromatic N) is 1. The van der Waals surface area contributed by atoms with Crippen molar-refractivity contribution < 1.29 is 4.79 Å². The van der Waals surface area contributed by atoms with Gasteiger partial charge in [0.15, 0.2) is 0 Å². The third-order valence-corrected chi connectivity index (χ3v) is 3.35. The highest BCUT2D eigenvalue weighted by molar-refractivity contribution is 7.80. The summed E-state index contributed by atoms with van der Waals surface area (Å²) in [6.07, 6.45) is 0.932. The van der Waals surface area contributed by atoms with E-state index in [0.29, 0.717) is 29.6 Å². The number of carbonyl (C=O) groups is 1. The summed E-state index contributed by atoms with van der Waals surface area (Å²) >= 11 is 11.1. The Morgan fingerprint density at radius 3 is 2.75 bits per heavy atom. The van der Waals surface area contributed by atoms with Gasteiger partial charge in [-0.3, -0.25) is 9.69 Å². The highest BCUT2D eigenvalue weighted by atomic mass is 35.5. The average Bonchev–Trinajstić information content (AvgIpc) is 2.38. The number of hydrogen-bond donors (Lipinski definition) is 2. The Bertz CT molecular complexity index is 493. The lowest BCUT2D eigenvalue weighted by atomic mass is 10.1. The first kappa shape index (κ1) is 16.9. The van der Waals surface area contributed by atoms with Crippen molar-refractivity contribution in [3.63, 3.8) is 0 Å². The first-order valence-electron chi connectivity index (χ1n) is 6.47. The second-order valence-corrected chi connectivity index (χ2v) is 5.54. The molecule has 0 saturated carbocycles. The number of rotatable bonds is 7. The molecule has 0 aliphatic rings. The molecule has 3 N–H and O–H groups in total. The van der Waals surface area contributed by atoms with Gasteiger partial charge in [-0.05, 0) is 25.1 Å². The smallest absolute Gasteiger partial charge is 0.234 e. The summed E-state index contributed by atoms with van der Waals surface area (Å²) in [4.78, 5) is 13.8. The van der Waals surface area contributed by atoms with Crippen molar-refractivity contribution in [1.29, 1.82) is 0 Å². The van der Waals surface area contributed by atoms with E-state index in [0.717, 1.165) is 17.5 Å². The van der Waals surface area contributed by atoms with Gasteiger partial charge in [0.2, 0.25) is 5.91 Å². The SMILES string of the molecule is CCCNC(=O)CN(C)Cc1ccc(C(N)=S)cc1Cl. The van der Waals surface area contributed by atoms with Crippen LogP contribution in [0.25, 0.3) is 0 Å². The molecule has 110 valence electrons. The number of likely N-dealkylation sites (N-methyl/N-ethyl adjacent to an activating group) is 1. The van der Waals surface area contributed by atoms with Gasteiger partial charge in [-0.1, -0.05) is 42.9 Å². The Labute approximate surface area is 130 Å². The van der Waals surface area contributed by atoms with Crippen LogP contribution in [0.4, 0.5) is 0 Å². The molecule has 0 aromatic heterocycles. The average molecular weight is 314 g/mol. The van der Waals surface area contributed by atoms with E-state index in [1.54, 1.807) is 6.07 Å². The predicted molar refractivity (Wildman–Crippen MR) is 87.0 cm³/mol. The molecular weight excluding hydrogens is 294 g/mol. The molecule has 0 bridgehead atoms. The van der Waals surface area contributed by atoms with E-state index in [1.807, 2.05) is 31.0 Å². The van der Waals surface area contributed by atoms with E-state index in [9.17, 15) is 4.79 Å². The van der Waals surface area contributed by atoms with Crippen molar-refractivity contribution in [3.8, 4) is 0 Å². The summed E-state index contributed by atoms with van der Waals surface area (Å²) in [5.41, 5.74) is 7.25. The molecule has 0 aliphatic heterocycles. The molecule has 0 heterocycles. The lowest BCUT2D eigenvalue weighted by Crippen LogP contribution is -2.35. The zero-order valence-corrected chi connectivity index (χ0v) is 13.4. The quantitative estimate of drug-likeness (QED) is 0.755. The van der Waals surface area contributed by atoms with Crippen LogP contribution in [0.2, 0.25) is 5.02 Å². The van der Waals surface area contributed by atoms with Gasteiger partial charge < -0.3 is 11.1 Å². The number of thiocarbonyl (C=S) groups is 1. The second kappa shape index (κ2) is 8.19. The van der Waals surface area contributed by atoms with E-state index >= 15 is 0 Å².